The topological polar surface area (TPSA) is 99.6 Å². The Morgan fingerprint density at radius 1 is 1.07 bits per heavy atom. The van der Waals surface area contributed by atoms with Gasteiger partial charge >= 0.3 is 0 Å². The third kappa shape index (κ3) is 5.85. The van der Waals surface area contributed by atoms with E-state index >= 15 is 0 Å². The van der Waals surface area contributed by atoms with Gasteiger partial charge in [0.15, 0.2) is 23.3 Å². The molecule has 0 saturated heterocycles. The number of guanidine groups is 1. The highest BCUT2D eigenvalue weighted by atomic mass is 127. The van der Waals surface area contributed by atoms with Crippen LogP contribution >= 0.6 is 24.0 Å². The van der Waals surface area contributed by atoms with Crippen molar-refractivity contribution in [1.29, 1.82) is 0 Å². The van der Waals surface area contributed by atoms with Crippen molar-refractivity contribution >= 4 is 29.9 Å². The lowest BCUT2D eigenvalue weighted by Gasteiger charge is -2.10. The number of aliphatic imine (C=N–C) groups is 1. The second kappa shape index (κ2) is 10.8. The van der Waals surface area contributed by atoms with Crippen LogP contribution in [-0.2, 0) is 13.1 Å². The zero-order valence-electron chi connectivity index (χ0n) is 17.5. The van der Waals surface area contributed by atoms with Gasteiger partial charge in [-0.05, 0) is 49.2 Å². The molecule has 2 heterocycles. The Kier molecular flexibility index (Phi) is 8.46. The van der Waals surface area contributed by atoms with E-state index in [-0.39, 0.29) is 24.0 Å². The number of nitrogens with one attached hydrogen (secondary N) is 1. The zero-order chi connectivity index (χ0) is 20.8. The molecule has 0 aliphatic carbocycles. The van der Waals surface area contributed by atoms with Gasteiger partial charge in [-0.25, -0.2) is 14.7 Å². The van der Waals surface area contributed by atoms with Crippen LogP contribution in [0.5, 0.6) is 11.5 Å². The summed E-state index contributed by atoms with van der Waals surface area (Å²) in [5.41, 5.74) is 9.97. The van der Waals surface area contributed by atoms with E-state index in [1.165, 1.54) is 0 Å². The van der Waals surface area contributed by atoms with Crippen LogP contribution in [0.15, 0.2) is 47.6 Å². The fourth-order valence-corrected chi connectivity index (χ4v) is 2.91. The number of aromatic nitrogens is 3. The fourth-order valence-electron chi connectivity index (χ4n) is 2.91. The summed E-state index contributed by atoms with van der Waals surface area (Å²) >= 11 is 0. The molecule has 0 aliphatic rings. The number of nitrogens with two attached hydrogens (primary N) is 1. The number of halogens is 1. The van der Waals surface area contributed by atoms with Crippen LogP contribution in [0.4, 0.5) is 0 Å². The van der Waals surface area contributed by atoms with Crippen LogP contribution in [0.2, 0.25) is 0 Å². The van der Waals surface area contributed by atoms with E-state index in [2.05, 4.69) is 20.4 Å². The lowest BCUT2D eigenvalue weighted by Crippen LogP contribution is -2.31. The summed E-state index contributed by atoms with van der Waals surface area (Å²) in [4.78, 5) is 8.85. The molecular weight excluding hydrogens is 495 g/mol. The predicted octanol–water partition coefficient (Wildman–Crippen LogP) is 3.12. The Labute approximate surface area is 193 Å². The van der Waals surface area contributed by atoms with Crippen LogP contribution in [0.1, 0.15) is 22.5 Å². The molecule has 0 bridgehead atoms. The average Bonchev–Trinajstić information content (AvgIpc) is 3.08. The molecule has 3 aromatic rings. The van der Waals surface area contributed by atoms with Crippen molar-refractivity contribution < 1.29 is 9.47 Å². The van der Waals surface area contributed by atoms with E-state index in [1.54, 1.807) is 20.4 Å². The molecule has 8 nitrogen and oxygen atoms in total. The number of nitrogens with zero attached hydrogens (tertiary/aromatic N) is 4. The van der Waals surface area contributed by atoms with Gasteiger partial charge in [-0.1, -0.05) is 12.1 Å². The zero-order valence-corrected chi connectivity index (χ0v) is 19.9. The molecule has 3 rings (SSSR count). The molecule has 1 aromatic carbocycles. The maximum atomic E-state index is 5.99. The molecule has 2 aromatic heterocycles. The predicted molar refractivity (Wildman–Crippen MR) is 128 cm³/mol. The summed E-state index contributed by atoms with van der Waals surface area (Å²) in [5, 5.41) is 7.54. The molecule has 0 radical (unpaired) electrons. The summed E-state index contributed by atoms with van der Waals surface area (Å²) < 4.78 is 12.4. The summed E-state index contributed by atoms with van der Waals surface area (Å²) in [7, 11) is 3.22. The maximum absolute atomic E-state index is 5.99. The van der Waals surface area contributed by atoms with Gasteiger partial charge in [0.05, 0.1) is 26.5 Å². The van der Waals surface area contributed by atoms with Gasteiger partial charge in [-0.15, -0.1) is 24.0 Å². The second-order valence-corrected chi connectivity index (χ2v) is 6.61. The molecule has 0 atom stereocenters. The summed E-state index contributed by atoms with van der Waals surface area (Å²) in [6, 6.07) is 11.6. The van der Waals surface area contributed by atoms with Crippen molar-refractivity contribution in [2.75, 3.05) is 14.2 Å². The molecule has 0 saturated carbocycles. The number of ether oxygens (including phenoxy) is 2. The molecule has 160 valence electrons. The van der Waals surface area contributed by atoms with Crippen LogP contribution < -0.4 is 20.5 Å². The smallest absolute Gasteiger partial charge is 0.189 e. The van der Waals surface area contributed by atoms with Gasteiger partial charge in [-0.3, -0.25) is 0 Å². The van der Waals surface area contributed by atoms with Gasteiger partial charge in [0, 0.05) is 18.4 Å². The summed E-state index contributed by atoms with van der Waals surface area (Å²) in [5.74, 6) is 2.51. The first kappa shape index (κ1) is 23.5. The van der Waals surface area contributed by atoms with E-state index in [0.29, 0.717) is 30.5 Å². The van der Waals surface area contributed by atoms with Crippen molar-refractivity contribution in [2.24, 2.45) is 10.7 Å². The molecule has 9 heteroatoms. The highest BCUT2D eigenvalue weighted by molar-refractivity contribution is 14.0. The number of rotatable bonds is 7. The lowest BCUT2D eigenvalue weighted by molar-refractivity contribution is 0.354. The van der Waals surface area contributed by atoms with Crippen molar-refractivity contribution in [3.8, 4) is 17.3 Å². The van der Waals surface area contributed by atoms with E-state index in [9.17, 15) is 0 Å². The van der Waals surface area contributed by atoms with Crippen molar-refractivity contribution in [1.82, 2.24) is 20.1 Å². The first-order valence-electron chi connectivity index (χ1n) is 9.23. The molecule has 0 spiro atoms. The average molecular weight is 522 g/mol. The Bertz CT molecular complexity index is 1000. The van der Waals surface area contributed by atoms with Crippen molar-refractivity contribution in [3.05, 3.63) is 65.1 Å². The minimum absolute atomic E-state index is 0. The van der Waals surface area contributed by atoms with E-state index in [1.807, 2.05) is 54.9 Å². The number of hydrogen-bond donors (Lipinski definition) is 2. The van der Waals surface area contributed by atoms with Gasteiger partial charge in [0.1, 0.15) is 0 Å². The monoisotopic (exact) mass is 522 g/mol. The summed E-state index contributed by atoms with van der Waals surface area (Å²) in [6.07, 6.45) is 1.79. The van der Waals surface area contributed by atoms with Crippen molar-refractivity contribution in [3.63, 3.8) is 0 Å². The Morgan fingerprint density at radius 2 is 1.80 bits per heavy atom. The lowest BCUT2D eigenvalue weighted by atomic mass is 10.2. The number of methoxy groups -OCH3 is 2. The maximum Gasteiger partial charge on any atom is 0.189 e. The normalized spacial score (nSPS) is 11.0. The largest absolute Gasteiger partial charge is 0.493 e. The highest BCUT2D eigenvalue weighted by Gasteiger charge is 2.06. The molecule has 0 unspecified atom stereocenters. The van der Waals surface area contributed by atoms with Gasteiger partial charge in [-0.2, -0.15) is 5.10 Å². The standard InChI is InChI=1S/C21H26N6O2.HI/c1-14-9-15(2)27(26-14)20-8-6-17(12-23-20)13-25-21(22)24-11-16-5-7-18(28-3)19(10-16)29-4;/h5-10,12H,11,13H2,1-4H3,(H3,22,24,25);1H. The first-order valence-corrected chi connectivity index (χ1v) is 9.23. The molecule has 0 aliphatic heterocycles. The van der Waals surface area contributed by atoms with Crippen LogP contribution in [0.3, 0.4) is 0 Å². The Balaban J connectivity index is 0.00000320. The Morgan fingerprint density at radius 3 is 2.40 bits per heavy atom. The molecule has 0 amide bonds. The van der Waals surface area contributed by atoms with Crippen LogP contribution in [-0.4, -0.2) is 34.9 Å². The quantitative estimate of drug-likeness (QED) is 0.281. The molecule has 3 N–H and O–H groups in total. The number of aryl methyl sites for hydroxylation is 2. The third-order valence-corrected chi connectivity index (χ3v) is 4.39. The molecule has 0 fully saturated rings. The van der Waals surface area contributed by atoms with Gasteiger partial charge in [0.2, 0.25) is 0 Å². The first-order chi connectivity index (χ1) is 14.0. The Hall–Kier alpha value is -2.82. The number of pyridine rings is 1. The molecular formula is C21H27IN6O2. The van der Waals surface area contributed by atoms with E-state index in [4.69, 9.17) is 15.2 Å². The fraction of sp³-hybridized carbons (Fsp3) is 0.286. The van der Waals surface area contributed by atoms with Gasteiger partial charge < -0.3 is 20.5 Å². The van der Waals surface area contributed by atoms with Crippen LogP contribution in [0.25, 0.3) is 5.82 Å². The van der Waals surface area contributed by atoms with Crippen molar-refractivity contribution in [2.45, 2.75) is 26.9 Å². The molecule has 30 heavy (non-hydrogen) atoms. The minimum Gasteiger partial charge on any atom is -0.493 e. The van der Waals surface area contributed by atoms with Crippen LogP contribution in [0, 0.1) is 13.8 Å². The second-order valence-electron chi connectivity index (χ2n) is 6.61. The van der Waals surface area contributed by atoms with E-state index < -0.39 is 0 Å². The number of benzene rings is 1. The minimum atomic E-state index is 0. The summed E-state index contributed by atoms with van der Waals surface area (Å²) in [6.45, 7) is 4.94. The number of hydrogen-bond acceptors (Lipinski definition) is 5. The highest BCUT2D eigenvalue weighted by Crippen LogP contribution is 2.27. The third-order valence-electron chi connectivity index (χ3n) is 4.39. The SMILES string of the molecule is COc1ccc(CNC(N)=NCc2ccc(-n3nc(C)cc3C)nc2)cc1OC.I. The van der Waals surface area contributed by atoms with E-state index in [0.717, 1.165) is 28.3 Å². The van der Waals surface area contributed by atoms with Gasteiger partial charge in [0.25, 0.3) is 0 Å².